The van der Waals surface area contributed by atoms with E-state index in [0.717, 1.165) is 24.4 Å². The molecule has 0 aromatic heterocycles. The Labute approximate surface area is 114 Å². The summed E-state index contributed by atoms with van der Waals surface area (Å²) in [6.07, 6.45) is -0.792. The number of aliphatic hydroxyl groups excluding tert-OH is 1. The van der Waals surface area contributed by atoms with Crippen LogP contribution in [0.4, 0.5) is 0 Å². The summed E-state index contributed by atoms with van der Waals surface area (Å²) in [6.45, 7) is 6.69. The zero-order chi connectivity index (χ0) is 13.8. The van der Waals surface area contributed by atoms with E-state index in [1.165, 1.54) is 0 Å². The van der Waals surface area contributed by atoms with E-state index in [0.29, 0.717) is 12.6 Å². The van der Waals surface area contributed by atoms with Gasteiger partial charge in [0.25, 0.3) is 0 Å². The number of morpholine rings is 1. The largest absolute Gasteiger partial charge is 0.497 e. The van der Waals surface area contributed by atoms with Crippen molar-refractivity contribution < 1.29 is 14.6 Å². The van der Waals surface area contributed by atoms with Crippen molar-refractivity contribution in [2.75, 3.05) is 26.8 Å². The normalized spacial score (nSPS) is 22.5. The number of hydrogen-bond donors (Lipinski definition) is 1. The Hall–Kier alpha value is -1.10. The lowest BCUT2D eigenvalue weighted by atomic mass is 10.0. The third kappa shape index (κ3) is 3.47. The molecule has 0 bridgehead atoms. The average Bonchev–Trinajstić information content (AvgIpc) is 2.46. The molecule has 2 atom stereocenters. The minimum atomic E-state index is -0.614. The quantitative estimate of drug-likeness (QED) is 0.902. The van der Waals surface area contributed by atoms with Gasteiger partial charge in [0.1, 0.15) is 18.0 Å². The Morgan fingerprint density at radius 1 is 1.42 bits per heavy atom. The molecule has 4 heteroatoms. The molecular weight excluding hydrogens is 242 g/mol. The molecular formula is C15H23NO3. The lowest BCUT2D eigenvalue weighted by Gasteiger charge is -2.37. The van der Waals surface area contributed by atoms with Crippen LogP contribution in [-0.2, 0) is 4.74 Å². The van der Waals surface area contributed by atoms with Crippen LogP contribution in [0.1, 0.15) is 25.5 Å². The minimum absolute atomic E-state index is 0.178. The van der Waals surface area contributed by atoms with Gasteiger partial charge < -0.3 is 14.6 Å². The first-order valence-electron chi connectivity index (χ1n) is 6.79. The maximum Gasteiger partial charge on any atom is 0.119 e. The Morgan fingerprint density at radius 3 is 2.89 bits per heavy atom. The molecule has 1 aliphatic heterocycles. The summed E-state index contributed by atoms with van der Waals surface area (Å²) >= 11 is 0. The van der Waals surface area contributed by atoms with Crippen LogP contribution in [0.5, 0.6) is 5.75 Å². The monoisotopic (exact) mass is 265 g/mol. The number of rotatable bonds is 4. The molecule has 0 amide bonds. The lowest BCUT2D eigenvalue weighted by Crippen LogP contribution is -2.47. The van der Waals surface area contributed by atoms with Gasteiger partial charge in [0, 0.05) is 19.1 Å². The second-order valence-corrected chi connectivity index (χ2v) is 5.22. The maximum absolute atomic E-state index is 10.5. The highest BCUT2D eigenvalue weighted by Gasteiger charge is 2.29. The van der Waals surface area contributed by atoms with Gasteiger partial charge in [-0.2, -0.15) is 0 Å². The summed E-state index contributed by atoms with van der Waals surface area (Å²) < 4.78 is 10.9. The number of nitrogens with zero attached hydrogens (tertiary/aromatic N) is 1. The summed E-state index contributed by atoms with van der Waals surface area (Å²) in [6, 6.07) is 8.01. The molecule has 2 unspecified atom stereocenters. The topological polar surface area (TPSA) is 41.9 Å². The second-order valence-electron chi connectivity index (χ2n) is 5.22. The highest BCUT2D eigenvalue weighted by molar-refractivity contribution is 5.30. The van der Waals surface area contributed by atoms with Crippen LogP contribution in [0.25, 0.3) is 0 Å². The Bertz CT molecular complexity index is 408. The predicted molar refractivity (Wildman–Crippen MR) is 74.4 cm³/mol. The average molecular weight is 265 g/mol. The molecule has 19 heavy (non-hydrogen) atoms. The molecule has 1 heterocycles. The van der Waals surface area contributed by atoms with Crippen LogP contribution in [0.15, 0.2) is 24.3 Å². The fourth-order valence-corrected chi connectivity index (χ4v) is 2.40. The van der Waals surface area contributed by atoms with Crippen LogP contribution in [-0.4, -0.2) is 49.0 Å². The first-order chi connectivity index (χ1) is 9.11. The van der Waals surface area contributed by atoms with Gasteiger partial charge in [-0.1, -0.05) is 12.1 Å². The van der Waals surface area contributed by atoms with E-state index >= 15 is 0 Å². The SMILES string of the molecule is COc1cccc(C(O)C2CN(C(C)C)CCO2)c1. The van der Waals surface area contributed by atoms with Crippen molar-refractivity contribution in [3.05, 3.63) is 29.8 Å². The molecule has 2 rings (SSSR count). The first kappa shape index (κ1) is 14.3. The summed E-state index contributed by atoms with van der Waals surface area (Å²) in [5, 5.41) is 10.5. The first-order valence-corrected chi connectivity index (χ1v) is 6.79. The second kappa shape index (κ2) is 6.37. The number of benzene rings is 1. The number of hydrogen-bond acceptors (Lipinski definition) is 4. The number of aliphatic hydroxyl groups is 1. The fourth-order valence-electron chi connectivity index (χ4n) is 2.40. The highest BCUT2D eigenvalue weighted by atomic mass is 16.5. The molecule has 4 nitrogen and oxygen atoms in total. The zero-order valence-electron chi connectivity index (χ0n) is 11.9. The van der Waals surface area contributed by atoms with E-state index in [4.69, 9.17) is 9.47 Å². The van der Waals surface area contributed by atoms with Crippen molar-refractivity contribution in [3.8, 4) is 5.75 Å². The molecule has 0 aliphatic carbocycles. The van der Waals surface area contributed by atoms with E-state index in [9.17, 15) is 5.11 Å². The number of ether oxygens (including phenoxy) is 2. The third-order valence-corrected chi connectivity index (χ3v) is 3.64. The van der Waals surface area contributed by atoms with Crippen molar-refractivity contribution in [2.24, 2.45) is 0 Å². The predicted octanol–water partition coefficient (Wildman–Crippen LogP) is 1.84. The zero-order valence-corrected chi connectivity index (χ0v) is 11.9. The standard InChI is InChI=1S/C15H23NO3/c1-11(2)16-7-8-19-14(10-16)15(17)12-5-4-6-13(9-12)18-3/h4-6,9,11,14-15,17H,7-8,10H2,1-3H3. The molecule has 1 fully saturated rings. The molecule has 106 valence electrons. The van der Waals surface area contributed by atoms with Crippen molar-refractivity contribution in [1.29, 1.82) is 0 Å². The van der Waals surface area contributed by atoms with Gasteiger partial charge >= 0.3 is 0 Å². The van der Waals surface area contributed by atoms with Gasteiger partial charge in [-0.25, -0.2) is 0 Å². The Kier molecular flexibility index (Phi) is 4.80. The van der Waals surface area contributed by atoms with Crippen LogP contribution >= 0.6 is 0 Å². The summed E-state index contributed by atoms with van der Waals surface area (Å²) in [5.41, 5.74) is 0.843. The fraction of sp³-hybridized carbons (Fsp3) is 0.600. The molecule has 1 N–H and O–H groups in total. The van der Waals surface area contributed by atoms with Gasteiger partial charge in [0.15, 0.2) is 0 Å². The van der Waals surface area contributed by atoms with Crippen LogP contribution in [0, 0.1) is 0 Å². The minimum Gasteiger partial charge on any atom is -0.497 e. The van der Waals surface area contributed by atoms with Gasteiger partial charge in [0.05, 0.1) is 13.7 Å². The molecule has 1 aromatic carbocycles. The molecule has 1 aliphatic rings. The van der Waals surface area contributed by atoms with Gasteiger partial charge in [-0.15, -0.1) is 0 Å². The summed E-state index contributed by atoms with van der Waals surface area (Å²) in [5.74, 6) is 0.757. The van der Waals surface area contributed by atoms with Gasteiger partial charge in [0.2, 0.25) is 0 Å². The molecule has 0 radical (unpaired) electrons. The molecule has 0 saturated carbocycles. The summed E-state index contributed by atoms with van der Waals surface area (Å²) in [4.78, 5) is 2.33. The van der Waals surface area contributed by atoms with Crippen LogP contribution < -0.4 is 4.74 Å². The maximum atomic E-state index is 10.5. The van der Waals surface area contributed by atoms with E-state index < -0.39 is 6.10 Å². The van der Waals surface area contributed by atoms with Crippen molar-refractivity contribution in [1.82, 2.24) is 4.90 Å². The van der Waals surface area contributed by atoms with Crippen molar-refractivity contribution >= 4 is 0 Å². The van der Waals surface area contributed by atoms with E-state index in [1.807, 2.05) is 24.3 Å². The van der Waals surface area contributed by atoms with Crippen LogP contribution in [0.3, 0.4) is 0 Å². The lowest BCUT2D eigenvalue weighted by molar-refractivity contribution is -0.0961. The molecule has 1 aromatic rings. The van der Waals surface area contributed by atoms with E-state index in [-0.39, 0.29) is 6.10 Å². The molecule has 0 spiro atoms. The van der Waals surface area contributed by atoms with Crippen molar-refractivity contribution in [2.45, 2.75) is 32.1 Å². The summed E-state index contributed by atoms with van der Waals surface area (Å²) in [7, 11) is 1.63. The molecule has 1 saturated heterocycles. The highest BCUT2D eigenvalue weighted by Crippen LogP contribution is 2.25. The number of methoxy groups -OCH3 is 1. The van der Waals surface area contributed by atoms with Crippen LogP contribution in [0.2, 0.25) is 0 Å². The van der Waals surface area contributed by atoms with E-state index in [1.54, 1.807) is 7.11 Å². The van der Waals surface area contributed by atoms with Gasteiger partial charge in [-0.3, -0.25) is 4.90 Å². The Balaban J connectivity index is 2.07. The van der Waals surface area contributed by atoms with Gasteiger partial charge in [-0.05, 0) is 31.5 Å². The third-order valence-electron chi connectivity index (χ3n) is 3.64. The smallest absolute Gasteiger partial charge is 0.119 e. The van der Waals surface area contributed by atoms with E-state index in [2.05, 4.69) is 18.7 Å². The van der Waals surface area contributed by atoms with Crippen molar-refractivity contribution in [3.63, 3.8) is 0 Å². The Morgan fingerprint density at radius 2 is 2.21 bits per heavy atom.